The van der Waals surface area contributed by atoms with Gasteiger partial charge in [0.25, 0.3) is 5.56 Å². The summed E-state index contributed by atoms with van der Waals surface area (Å²) in [5, 5.41) is 0. The van der Waals surface area contributed by atoms with Gasteiger partial charge in [-0.3, -0.25) is 9.36 Å². The van der Waals surface area contributed by atoms with Crippen molar-refractivity contribution in [2.24, 2.45) is 4.99 Å². The molecule has 1 aromatic heterocycles. The van der Waals surface area contributed by atoms with Gasteiger partial charge >= 0.3 is 5.97 Å². The number of esters is 1. The van der Waals surface area contributed by atoms with E-state index in [1.165, 1.54) is 23.0 Å². The Labute approximate surface area is 258 Å². The predicted molar refractivity (Wildman–Crippen MR) is 169 cm³/mol. The largest absolute Gasteiger partial charge is 0.493 e. The Morgan fingerprint density at radius 1 is 0.955 bits per heavy atom. The van der Waals surface area contributed by atoms with Crippen molar-refractivity contribution in [1.29, 1.82) is 0 Å². The maximum atomic E-state index is 14.2. The lowest BCUT2D eigenvalue weighted by Gasteiger charge is -2.26. The fourth-order valence-corrected chi connectivity index (χ4v) is 5.97. The smallest absolute Gasteiger partial charge is 0.338 e. The molecular weight excluding hydrogens is 580 g/mol. The van der Waals surface area contributed by atoms with Crippen LogP contribution in [0.1, 0.15) is 29.7 Å². The van der Waals surface area contributed by atoms with Gasteiger partial charge < -0.3 is 23.7 Å². The Bertz CT molecular complexity index is 1910. The van der Waals surface area contributed by atoms with Crippen LogP contribution in [0.2, 0.25) is 0 Å². The predicted octanol–water partition coefficient (Wildman–Crippen LogP) is 4.53. The van der Waals surface area contributed by atoms with Crippen molar-refractivity contribution in [1.82, 2.24) is 4.57 Å². The van der Waals surface area contributed by atoms with Gasteiger partial charge in [0, 0.05) is 5.56 Å². The van der Waals surface area contributed by atoms with E-state index >= 15 is 0 Å². The summed E-state index contributed by atoms with van der Waals surface area (Å²) >= 11 is 1.23. The molecule has 0 unspecified atom stereocenters. The van der Waals surface area contributed by atoms with Gasteiger partial charge in [0.15, 0.2) is 27.8 Å². The SMILES string of the molecule is C=CCOc1ccc(/C=c2\sc3n(c2=O)[C@@H](c2ccc(OC)c(OC)c2)C(C(=O)OCC)=C(c2ccccc2)N=3)cc1OC. The number of hydrogen-bond donors (Lipinski definition) is 0. The van der Waals surface area contributed by atoms with E-state index in [1.54, 1.807) is 57.6 Å². The molecule has 10 heteroatoms. The molecule has 0 saturated carbocycles. The third kappa shape index (κ3) is 5.89. The highest BCUT2D eigenvalue weighted by molar-refractivity contribution is 7.07. The molecule has 0 spiro atoms. The molecule has 1 aliphatic heterocycles. The first kappa shape index (κ1) is 30.4. The first-order valence-electron chi connectivity index (χ1n) is 13.9. The van der Waals surface area contributed by atoms with Gasteiger partial charge in [-0.05, 0) is 48.4 Å². The van der Waals surface area contributed by atoms with Gasteiger partial charge in [-0.1, -0.05) is 66.5 Å². The zero-order valence-electron chi connectivity index (χ0n) is 24.9. The molecule has 0 amide bonds. The third-order valence-electron chi connectivity index (χ3n) is 6.94. The topological polar surface area (TPSA) is 97.6 Å². The fraction of sp³-hybridized carbons (Fsp3) is 0.206. The second-order valence-electron chi connectivity index (χ2n) is 9.56. The monoisotopic (exact) mass is 612 g/mol. The number of methoxy groups -OCH3 is 3. The summed E-state index contributed by atoms with van der Waals surface area (Å²) in [5.74, 6) is 1.49. The lowest BCUT2D eigenvalue weighted by molar-refractivity contribution is -0.138. The van der Waals surface area contributed by atoms with Gasteiger partial charge in [0.1, 0.15) is 6.61 Å². The van der Waals surface area contributed by atoms with E-state index in [4.69, 9.17) is 28.7 Å². The van der Waals surface area contributed by atoms with Crippen LogP contribution in [0.4, 0.5) is 0 Å². The quantitative estimate of drug-likeness (QED) is 0.181. The van der Waals surface area contributed by atoms with E-state index < -0.39 is 12.0 Å². The van der Waals surface area contributed by atoms with Crippen molar-refractivity contribution in [2.45, 2.75) is 13.0 Å². The molecule has 0 radical (unpaired) electrons. The molecule has 4 aromatic rings. The van der Waals surface area contributed by atoms with Gasteiger partial charge in [-0.15, -0.1) is 0 Å². The molecule has 44 heavy (non-hydrogen) atoms. The number of benzene rings is 3. The van der Waals surface area contributed by atoms with Crippen LogP contribution in [0.25, 0.3) is 11.8 Å². The molecule has 0 fully saturated rings. The Kier molecular flexibility index (Phi) is 9.30. The summed E-state index contributed by atoms with van der Waals surface area (Å²) in [6.07, 6.45) is 3.42. The van der Waals surface area contributed by atoms with Crippen LogP contribution in [0.15, 0.2) is 94.7 Å². The van der Waals surface area contributed by atoms with Crippen LogP contribution in [0.5, 0.6) is 23.0 Å². The second kappa shape index (κ2) is 13.5. The van der Waals surface area contributed by atoms with Crippen LogP contribution >= 0.6 is 11.3 Å². The van der Waals surface area contributed by atoms with Crippen LogP contribution in [0, 0.1) is 0 Å². The Morgan fingerprint density at radius 2 is 1.66 bits per heavy atom. The maximum absolute atomic E-state index is 14.2. The number of hydrogen-bond acceptors (Lipinski definition) is 9. The minimum atomic E-state index is -0.855. The number of aromatic nitrogens is 1. The normalized spacial score (nSPS) is 14.4. The molecule has 5 rings (SSSR count). The van der Waals surface area contributed by atoms with E-state index in [9.17, 15) is 9.59 Å². The fourth-order valence-electron chi connectivity index (χ4n) is 4.97. The number of thiazole rings is 1. The highest BCUT2D eigenvalue weighted by Crippen LogP contribution is 2.38. The highest BCUT2D eigenvalue weighted by Gasteiger charge is 2.35. The van der Waals surface area contributed by atoms with Crippen LogP contribution in [-0.2, 0) is 9.53 Å². The lowest BCUT2D eigenvalue weighted by atomic mass is 9.93. The van der Waals surface area contributed by atoms with Crippen molar-refractivity contribution in [3.8, 4) is 23.0 Å². The van der Waals surface area contributed by atoms with E-state index in [1.807, 2.05) is 42.5 Å². The lowest BCUT2D eigenvalue weighted by Crippen LogP contribution is -2.40. The summed E-state index contributed by atoms with van der Waals surface area (Å²) in [6, 6.07) is 19.3. The summed E-state index contributed by atoms with van der Waals surface area (Å²) in [7, 11) is 4.64. The zero-order chi connectivity index (χ0) is 31.2. The van der Waals surface area contributed by atoms with Crippen LogP contribution in [-0.4, -0.2) is 45.1 Å². The number of fused-ring (bicyclic) bond motifs is 1. The number of rotatable bonds is 11. The first-order valence-corrected chi connectivity index (χ1v) is 14.7. The van der Waals surface area contributed by atoms with E-state index in [-0.39, 0.29) is 17.7 Å². The molecule has 2 heterocycles. The summed E-state index contributed by atoms with van der Waals surface area (Å²) in [5.41, 5.74) is 2.45. The van der Waals surface area contributed by atoms with Gasteiger partial charge in [-0.2, -0.15) is 0 Å². The average Bonchev–Trinajstić information content (AvgIpc) is 3.37. The van der Waals surface area contributed by atoms with Crippen LogP contribution < -0.4 is 33.8 Å². The molecular formula is C34H32N2O7S. The van der Waals surface area contributed by atoms with E-state index in [2.05, 4.69) is 6.58 Å². The molecule has 0 N–H and O–H groups in total. The van der Waals surface area contributed by atoms with Crippen molar-refractivity contribution >= 4 is 29.1 Å². The Morgan fingerprint density at radius 3 is 2.34 bits per heavy atom. The summed E-state index contributed by atoms with van der Waals surface area (Å²) in [4.78, 5) is 33.2. The van der Waals surface area contributed by atoms with Gasteiger partial charge in [0.05, 0.1) is 49.8 Å². The molecule has 0 aliphatic carbocycles. The number of nitrogens with zero attached hydrogens (tertiary/aromatic N) is 2. The Balaban J connectivity index is 1.78. The standard InChI is InChI=1S/C34H32N2O7S/c1-6-17-43-25-15-13-21(18-26(25)40-4)19-28-32(37)36-31(23-14-16-24(39-3)27(20-23)41-5)29(33(38)42-7-2)30(35-34(36)44-28)22-11-9-8-10-12-22/h6,8-16,18-20,31H,1,7,17H2,2-5H3/b28-19-/t31-/m0/s1. The second-order valence-corrected chi connectivity index (χ2v) is 10.6. The molecule has 1 atom stereocenters. The van der Waals surface area contributed by atoms with Crippen molar-refractivity contribution in [3.63, 3.8) is 0 Å². The molecule has 226 valence electrons. The average molecular weight is 613 g/mol. The zero-order valence-corrected chi connectivity index (χ0v) is 25.7. The Hall–Kier alpha value is -5.09. The highest BCUT2D eigenvalue weighted by atomic mass is 32.1. The summed E-state index contributed by atoms with van der Waals surface area (Å²) < 4.78 is 29.7. The molecule has 1 aliphatic rings. The minimum Gasteiger partial charge on any atom is -0.493 e. The van der Waals surface area contributed by atoms with Gasteiger partial charge in [-0.25, -0.2) is 9.79 Å². The van der Waals surface area contributed by atoms with Crippen molar-refractivity contribution in [3.05, 3.63) is 121 Å². The third-order valence-corrected chi connectivity index (χ3v) is 7.92. The van der Waals surface area contributed by atoms with E-state index in [0.717, 1.165) is 11.1 Å². The molecule has 9 nitrogen and oxygen atoms in total. The molecule has 0 bridgehead atoms. The van der Waals surface area contributed by atoms with Gasteiger partial charge in [0.2, 0.25) is 0 Å². The van der Waals surface area contributed by atoms with Crippen molar-refractivity contribution < 1.29 is 28.5 Å². The minimum absolute atomic E-state index is 0.155. The maximum Gasteiger partial charge on any atom is 0.338 e. The summed E-state index contributed by atoms with van der Waals surface area (Å²) in [6.45, 7) is 5.91. The van der Waals surface area contributed by atoms with Crippen molar-refractivity contribution in [2.75, 3.05) is 34.5 Å². The molecule has 3 aromatic carbocycles. The first-order chi connectivity index (χ1) is 21.4. The number of carbonyl (C=O) groups excluding carboxylic acids is 1. The van der Waals surface area contributed by atoms with E-state index in [0.29, 0.717) is 50.2 Å². The number of ether oxygens (including phenoxy) is 5. The molecule has 0 saturated heterocycles. The van der Waals surface area contributed by atoms with Crippen LogP contribution in [0.3, 0.4) is 0 Å². The number of carbonyl (C=O) groups is 1.